The van der Waals surface area contributed by atoms with Gasteiger partial charge in [-0.05, 0) is 32.8 Å². The number of ether oxygens (including phenoxy) is 1. The van der Waals surface area contributed by atoms with Crippen molar-refractivity contribution in [2.75, 3.05) is 19.6 Å². The van der Waals surface area contributed by atoms with Gasteiger partial charge in [0.25, 0.3) is 0 Å². The third-order valence-corrected chi connectivity index (χ3v) is 3.29. The average molecular weight is 276 g/mol. The number of nitrogens with zero attached hydrogens (tertiary/aromatic N) is 1. The van der Waals surface area contributed by atoms with Crippen LogP contribution in [0.1, 0.15) is 26.3 Å². The van der Waals surface area contributed by atoms with E-state index in [1.807, 2.05) is 43.9 Å². The zero-order valence-electron chi connectivity index (χ0n) is 12.6. The zero-order chi connectivity index (χ0) is 14.6. The van der Waals surface area contributed by atoms with E-state index < -0.39 is 5.60 Å². The van der Waals surface area contributed by atoms with E-state index in [-0.39, 0.29) is 12.1 Å². The number of piperazine rings is 1. The second-order valence-electron chi connectivity index (χ2n) is 6.22. The minimum atomic E-state index is -0.445. The summed E-state index contributed by atoms with van der Waals surface area (Å²) >= 11 is 0. The number of amides is 1. The molecule has 0 bridgehead atoms. The van der Waals surface area contributed by atoms with Crippen LogP contribution in [0.5, 0.6) is 0 Å². The maximum Gasteiger partial charge on any atom is 0.410 e. The van der Waals surface area contributed by atoms with Gasteiger partial charge in [-0.3, -0.25) is 0 Å². The van der Waals surface area contributed by atoms with Crippen LogP contribution >= 0.6 is 0 Å². The number of nitrogens with one attached hydrogen (secondary N) is 1. The number of hydrogen-bond donors (Lipinski definition) is 1. The van der Waals surface area contributed by atoms with Gasteiger partial charge in [0.05, 0.1) is 6.04 Å². The molecule has 1 N–H and O–H groups in total. The standard InChI is InChI=1S/C16H24N2O2/c1-16(2,3)20-15(19)18-10-9-17-12-14(18)11-13-7-5-4-6-8-13/h4-8,14,17H,9-12H2,1-3H3/t14-/m0/s1. The second kappa shape index (κ2) is 6.27. The molecule has 20 heavy (non-hydrogen) atoms. The number of benzene rings is 1. The fourth-order valence-electron chi connectivity index (χ4n) is 2.39. The number of carbonyl (C=O) groups is 1. The fourth-order valence-corrected chi connectivity index (χ4v) is 2.39. The molecule has 0 aliphatic carbocycles. The van der Waals surface area contributed by atoms with Gasteiger partial charge in [0, 0.05) is 19.6 Å². The lowest BCUT2D eigenvalue weighted by molar-refractivity contribution is 0.0122. The van der Waals surface area contributed by atoms with Crippen LogP contribution in [0.15, 0.2) is 30.3 Å². The van der Waals surface area contributed by atoms with E-state index in [1.165, 1.54) is 5.56 Å². The Balaban J connectivity index is 2.03. The fraction of sp³-hybridized carbons (Fsp3) is 0.562. The smallest absolute Gasteiger partial charge is 0.410 e. The highest BCUT2D eigenvalue weighted by atomic mass is 16.6. The summed E-state index contributed by atoms with van der Waals surface area (Å²) < 4.78 is 5.50. The van der Waals surface area contributed by atoms with Crippen LogP contribution in [0.25, 0.3) is 0 Å². The lowest BCUT2D eigenvalue weighted by atomic mass is 10.0. The molecule has 1 aliphatic rings. The van der Waals surface area contributed by atoms with E-state index in [4.69, 9.17) is 4.74 Å². The van der Waals surface area contributed by atoms with E-state index in [2.05, 4.69) is 17.4 Å². The van der Waals surface area contributed by atoms with Crippen molar-refractivity contribution in [2.24, 2.45) is 0 Å². The van der Waals surface area contributed by atoms with Crippen molar-refractivity contribution >= 4 is 6.09 Å². The molecule has 1 saturated heterocycles. The summed E-state index contributed by atoms with van der Waals surface area (Å²) in [4.78, 5) is 14.1. The normalized spacial score (nSPS) is 19.8. The molecule has 0 saturated carbocycles. The summed E-state index contributed by atoms with van der Waals surface area (Å²) in [6.07, 6.45) is 0.646. The third kappa shape index (κ3) is 4.23. The van der Waals surface area contributed by atoms with E-state index >= 15 is 0 Å². The van der Waals surface area contributed by atoms with Crippen molar-refractivity contribution < 1.29 is 9.53 Å². The molecular weight excluding hydrogens is 252 g/mol. The molecule has 1 aromatic carbocycles. The summed E-state index contributed by atoms with van der Waals surface area (Å²) in [6, 6.07) is 10.4. The van der Waals surface area contributed by atoms with Crippen LogP contribution in [-0.4, -0.2) is 42.3 Å². The van der Waals surface area contributed by atoms with Crippen molar-refractivity contribution in [1.29, 1.82) is 0 Å². The molecule has 4 heteroatoms. The van der Waals surface area contributed by atoms with Crippen LogP contribution in [0, 0.1) is 0 Å². The molecule has 1 heterocycles. The van der Waals surface area contributed by atoms with Crippen molar-refractivity contribution in [3.05, 3.63) is 35.9 Å². The van der Waals surface area contributed by atoms with Gasteiger partial charge < -0.3 is 15.0 Å². The number of hydrogen-bond acceptors (Lipinski definition) is 3. The Morgan fingerprint density at radius 2 is 2.05 bits per heavy atom. The summed E-state index contributed by atoms with van der Waals surface area (Å²) in [7, 11) is 0. The van der Waals surface area contributed by atoms with Crippen LogP contribution in [0.4, 0.5) is 4.79 Å². The molecule has 4 nitrogen and oxygen atoms in total. The quantitative estimate of drug-likeness (QED) is 0.902. The Labute approximate surface area is 121 Å². The summed E-state index contributed by atoms with van der Waals surface area (Å²) in [5.41, 5.74) is 0.800. The van der Waals surface area contributed by atoms with Gasteiger partial charge in [-0.25, -0.2) is 4.79 Å². The van der Waals surface area contributed by atoms with Gasteiger partial charge in [0.1, 0.15) is 5.60 Å². The predicted molar refractivity (Wildman–Crippen MR) is 79.7 cm³/mol. The Morgan fingerprint density at radius 1 is 1.35 bits per heavy atom. The first-order valence-corrected chi connectivity index (χ1v) is 7.20. The summed E-state index contributed by atoms with van der Waals surface area (Å²) in [5, 5.41) is 3.35. The molecule has 1 aliphatic heterocycles. The lowest BCUT2D eigenvalue weighted by Gasteiger charge is -2.37. The molecule has 1 fully saturated rings. The van der Waals surface area contributed by atoms with Gasteiger partial charge in [-0.15, -0.1) is 0 Å². The first-order valence-electron chi connectivity index (χ1n) is 7.20. The molecule has 0 unspecified atom stereocenters. The highest BCUT2D eigenvalue weighted by Gasteiger charge is 2.30. The third-order valence-electron chi connectivity index (χ3n) is 3.29. The Morgan fingerprint density at radius 3 is 2.70 bits per heavy atom. The van der Waals surface area contributed by atoms with Crippen molar-refractivity contribution in [3.63, 3.8) is 0 Å². The highest BCUT2D eigenvalue weighted by Crippen LogP contribution is 2.16. The minimum absolute atomic E-state index is 0.154. The van der Waals surface area contributed by atoms with E-state index in [1.54, 1.807) is 0 Å². The highest BCUT2D eigenvalue weighted by molar-refractivity contribution is 5.68. The molecule has 2 rings (SSSR count). The second-order valence-corrected chi connectivity index (χ2v) is 6.22. The summed E-state index contributed by atoms with van der Waals surface area (Å²) in [5.74, 6) is 0. The largest absolute Gasteiger partial charge is 0.444 e. The van der Waals surface area contributed by atoms with Crippen LogP contribution in [0.2, 0.25) is 0 Å². The first kappa shape index (κ1) is 14.9. The maximum absolute atomic E-state index is 12.3. The average Bonchev–Trinajstić information content (AvgIpc) is 2.38. The first-order chi connectivity index (χ1) is 9.46. The minimum Gasteiger partial charge on any atom is -0.444 e. The molecule has 110 valence electrons. The lowest BCUT2D eigenvalue weighted by Crippen LogP contribution is -2.55. The van der Waals surface area contributed by atoms with Crippen LogP contribution < -0.4 is 5.32 Å². The van der Waals surface area contributed by atoms with Crippen LogP contribution in [0.3, 0.4) is 0 Å². The molecule has 1 amide bonds. The monoisotopic (exact) mass is 276 g/mol. The SMILES string of the molecule is CC(C)(C)OC(=O)N1CCNC[C@@H]1Cc1ccccc1. The molecule has 1 aromatic rings. The molecular formula is C16H24N2O2. The summed E-state index contributed by atoms with van der Waals surface area (Å²) in [6.45, 7) is 8.04. The topological polar surface area (TPSA) is 41.6 Å². The number of rotatable bonds is 2. The molecule has 0 radical (unpaired) electrons. The predicted octanol–water partition coefficient (Wildman–Crippen LogP) is 2.44. The van der Waals surface area contributed by atoms with Gasteiger partial charge in [0.15, 0.2) is 0 Å². The van der Waals surface area contributed by atoms with Crippen LogP contribution in [-0.2, 0) is 11.2 Å². The Bertz CT molecular complexity index is 440. The Kier molecular flexibility index (Phi) is 4.65. The van der Waals surface area contributed by atoms with Gasteiger partial charge >= 0.3 is 6.09 Å². The maximum atomic E-state index is 12.3. The molecule has 0 spiro atoms. The van der Waals surface area contributed by atoms with Gasteiger partial charge in [-0.1, -0.05) is 30.3 Å². The van der Waals surface area contributed by atoms with E-state index in [0.29, 0.717) is 6.54 Å². The Hall–Kier alpha value is -1.55. The zero-order valence-corrected chi connectivity index (χ0v) is 12.6. The van der Waals surface area contributed by atoms with Crippen molar-refractivity contribution in [3.8, 4) is 0 Å². The van der Waals surface area contributed by atoms with Gasteiger partial charge in [0.2, 0.25) is 0 Å². The van der Waals surface area contributed by atoms with Crippen molar-refractivity contribution in [2.45, 2.75) is 38.8 Å². The number of carbonyl (C=O) groups excluding carboxylic acids is 1. The molecule has 1 atom stereocenters. The van der Waals surface area contributed by atoms with E-state index in [9.17, 15) is 4.79 Å². The molecule has 0 aromatic heterocycles. The van der Waals surface area contributed by atoms with Gasteiger partial charge in [-0.2, -0.15) is 0 Å². The van der Waals surface area contributed by atoms with Crippen molar-refractivity contribution in [1.82, 2.24) is 10.2 Å². The van der Waals surface area contributed by atoms with E-state index in [0.717, 1.165) is 19.5 Å².